The van der Waals surface area contributed by atoms with Gasteiger partial charge in [-0.2, -0.15) is 0 Å². The highest BCUT2D eigenvalue weighted by Crippen LogP contribution is 2.41. The lowest BCUT2D eigenvalue weighted by atomic mass is 9.72. The topological polar surface area (TPSA) is 52.6 Å². The molecule has 1 saturated carbocycles. The summed E-state index contributed by atoms with van der Waals surface area (Å²) >= 11 is 0. The van der Waals surface area contributed by atoms with Crippen molar-refractivity contribution in [2.24, 2.45) is 5.41 Å². The summed E-state index contributed by atoms with van der Waals surface area (Å²) in [5.41, 5.74) is 0.00825. The van der Waals surface area contributed by atoms with E-state index in [4.69, 9.17) is 9.47 Å². The Labute approximate surface area is 108 Å². The molecule has 0 radical (unpaired) electrons. The van der Waals surface area contributed by atoms with E-state index in [2.05, 4.69) is 0 Å². The Bertz CT molecular complexity index is 326. The first kappa shape index (κ1) is 14.7. The summed E-state index contributed by atoms with van der Waals surface area (Å²) < 4.78 is 10.2. The minimum Gasteiger partial charge on any atom is -0.465 e. The van der Waals surface area contributed by atoms with E-state index in [0.717, 1.165) is 18.4 Å². The highest BCUT2D eigenvalue weighted by atomic mass is 16.6. The predicted molar refractivity (Wildman–Crippen MR) is 67.9 cm³/mol. The van der Waals surface area contributed by atoms with Crippen molar-refractivity contribution in [3.8, 4) is 0 Å². The van der Waals surface area contributed by atoms with E-state index in [-0.39, 0.29) is 13.2 Å². The Morgan fingerprint density at radius 2 is 1.78 bits per heavy atom. The van der Waals surface area contributed by atoms with Crippen LogP contribution in [0.15, 0.2) is 11.6 Å². The fraction of sp³-hybridized carbons (Fsp3) is 0.714. The SMILES string of the molecule is CC=C1CCCC(C(=O)OCC)(C(=O)OCC)C1. The first-order valence-corrected chi connectivity index (χ1v) is 6.59. The molecule has 0 heterocycles. The lowest BCUT2D eigenvalue weighted by Crippen LogP contribution is -2.44. The second-order valence-corrected chi connectivity index (χ2v) is 4.50. The first-order chi connectivity index (χ1) is 8.60. The van der Waals surface area contributed by atoms with Crippen molar-refractivity contribution in [2.45, 2.75) is 46.5 Å². The van der Waals surface area contributed by atoms with E-state index >= 15 is 0 Å². The minimum atomic E-state index is -1.12. The second kappa shape index (κ2) is 6.57. The van der Waals surface area contributed by atoms with Gasteiger partial charge >= 0.3 is 11.9 Å². The molecule has 0 bridgehead atoms. The quantitative estimate of drug-likeness (QED) is 0.439. The predicted octanol–water partition coefficient (Wildman–Crippen LogP) is 2.62. The molecule has 0 unspecified atom stereocenters. The Morgan fingerprint density at radius 1 is 1.22 bits per heavy atom. The fourth-order valence-corrected chi connectivity index (χ4v) is 2.40. The molecule has 0 N–H and O–H groups in total. The second-order valence-electron chi connectivity index (χ2n) is 4.50. The molecule has 0 atom stereocenters. The smallest absolute Gasteiger partial charge is 0.323 e. The molecule has 4 heteroatoms. The molecular formula is C14H22O4. The van der Waals surface area contributed by atoms with Gasteiger partial charge < -0.3 is 9.47 Å². The van der Waals surface area contributed by atoms with E-state index in [9.17, 15) is 9.59 Å². The average Bonchev–Trinajstić information content (AvgIpc) is 2.39. The molecule has 0 aromatic heterocycles. The van der Waals surface area contributed by atoms with Crippen molar-refractivity contribution in [1.82, 2.24) is 0 Å². The van der Waals surface area contributed by atoms with Gasteiger partial charge in [-0.1, -0.05) is 11.6 Å². The van der Waals surface area contributed by atoms with Crippen molar-refractivity contribution in [3.05, 3.63) is 11.6 Å². The van der Waals surface area contributed by atoms with E-state index in [1.165, 1.54) is 0 Å². The molecule has 4 nitrogen and oxygen atoms in total. The summed E-state index contributed by atoms with van der Waals surface area (Å²) in [4.78, 5) is 24.3. The Morgan fingerprint density at radius 3 is 2.22 bits per heavy atom. The number of rotatable bonds is 4. The van der Waals surface area contributed by atoms with Gasteiger partial charge in [-0.05, 0) is 46.5 Å². The van der Waals surface area contributed by atoms with Gasteiger partial charge in [0.25, 0.3) is 0 Å². The number of carbonyl (C=O) groups excluding carboxylic acids is 2. The van der Waals surface area contributed by atoms with Crippen LogP contribution in [0.25, 0.3) is 0 Å². The number of esters is 2. The third-order valence-corrected chi connectivity index (χ3v) is 3.37. The molecule has 18 heavy (non-hydrogen) atoms. The van der Waals surface area contributed by atoms with Crippen molar-refractivity contribution >= 4 is 11.9 Å². The van der Waals surface area contributed by atoms with E-state index in [1.807, 2.05) is 13.0 Å². The van der Waals surface area contributed by atoms with E-state index in [1.54, 1.807) is 13.8 Å². The van der Waals surface area contributed by atoms with Gasteiger partial charge in [0.05, 0.1) is 13.2 Å². The third-order valence-electron chi connectivity index (χ3n) is 3.37. The van der Waals surface area contributed by atoms with E-state index in [0.29, 0.717) is 12.8 Å². The Kier molecular flexibility index (Phi) is 5.38. The average molecular weight is 254 g/mol. The van der Waals surface area contributed by atoms with Crippen LogP contribution in [0.1, 0.15) is 46.5 Å². The van der Waals surface area contributed by atoms with Crippen LogP contribution in [0, 0.1) is 5.41 Å². The number of hydrogen-bond donors (Lipinski definition) is 0. The van der Waals surface area contributed by atoms with Crippen molar-refractivity contribution in [1.29, 1.82) is 0 Å². The zero-order valence-corrected chi connectivity index (χ0v) is 11.5. The van der Waals surface area contributed by atoms with Gasteiger partial charge in [0, 0.05) is 0 Å². The molecular weight excluding hydrogens is 232 g/mol. The maximum Gasteiger partial charge on any atom is 0.323 e. The summed E-state index contributed by atoms with van der Waals surface area (Å²) in [6.45, 7) is 5.99. The summed E-state index contributed by atoms with van der Waals surface area (Å²) in [5, 5.41) is 0. The molecule has 1 rings (SSSR count). The molecule has 0 spiro atoms. The standard InChI is InChI=1S/C14H22O4/c1-4-11-8-7-9-14(10-11,12(15)17-5-2)13(16)18-6-3/h4H,5-10H2,1-3H3. The number of hydrogen-bond acceptors (Lipinski definition) is 4. The molecule has 1 aliphatic rings. The summed E-state index contributed by atoms with van der Waals surface area (Å²) in [6.07, 6.45) is 4.68. The molecule has 0 amide bonds. The van der Waals surface area contributed by atoms with Crippen molar-refractivity contribution in [2.75, 3.05) is 13.2 Å². The zero-order valence-electron chi connectivity index (χ0n) is 11.5. The lowest BCUT2D eigenvalue weighted by Gasteiger charge is -2.33. The van der Waals surface area contributed by atoms with Gasteiger partial charge in [-0.25, -0.2) is 0 Å². The monoisotopic (exact) mass is 254 g/mol. The number of ether oxygens (including phenoxy) is 2. The van der Waals surface area contributed by atoms with Crippen LogP contribution in [-0.4, -0.2) is 25.2 Å². The molecule has 1 fully saturated rings. The highest BCUT2D eigenvalue weighted by molar-refractivity contribution is 6.00. The summed E-state index contributed by atoms with van der Waals surface area (Å²) in [5.74, 6) is -0.884. The molecule has 0 saturated heterocycles. The van der Waals surface area contributed by atoms with Crippen LogP contribution in [0.3, 0.4) is 0 Å². The normalized spacial score (nSPS) is 20.5. The number of allylic oxidation sites excluding steroid dienone is 2. The Hall–Kier alpha value is -1.32. The van der Waals surface area contributed by atoms with Crippen molar-refractivity contribution < 1.29 is 19.1 Å². The van der Waals surface area contributed by atoms with Crippen LogP contribution in [-0.2, 0) is 19.1 Å². The summed E-state index contributed by atoms with van der Waals surface area (Å²) in [6, 6.07) is 0. The lowest BCUT2D eigenvalue weighted by molar-refractivity contribution is -0.173. The third kappa shape index (κ3) is 2.92. The zero-order chi connectivity index (χ0) is 13.6. The molecule has 102 valence electrons. The minimum absolute atomic E-state index is 0.283. The largest absolute Gasteiger partial charge is 0.465 e. The maximum absolute atomic E-state index is 12.1. The molecule has 0 aromatic rings. The van der Waals surface area contributed by atoms with Crippen LogP contribution in [0.2, 0.25) is 0 Å². The Balaban J connectivity index is 3.00. The van der Waals surface area contributed by atoms with Crippen molar-refractivity contribution in [3.63, 3.8) is 0 Å². The van der Waals surface area contributed by atoms with Gasteiger partial charge in [-0.3, -0.25) is 9.59 Å². The van der Waals surface area contributed by atoms with E-state index < -0.39 is 17.4 Å². The van der Waals surface area contributed by atoms with Gasteiger partial charge in [0.15, 0.2) is 5.41 Å². The fourth-order valence-electron chi connectivity index (χ4n) is 2.40. The number of carbonyl (C=O) groups is 2. The van der Waals surface area contributed by atoms with Gasteiger partial charge in [-0.15, -0.1) is 0 Å². The van der Waals surface area contributed by atoms with Crippen LogP contribution in [0.4, 0.5) is 0 Å². The molecule has 1 aliphatic carbocycles. The molecule has 0 aliphatic heterocycles. The van der Waals surface area contributed by atoms with Crippen LogP contribution in [0.5, 0.6) is 0 Å². The van der Waals surface area contributed by atoms with Crippen LogP contribution < -0.4 is 0 Å². The van der Waals surface area contributed by atoms with Gasteiger partial charge in [0.1, 0.15) is 0 Å². The first-order valence-electron chi connectivity index (χ1n) is 6.59. The highest BCUT2D eigenvalue weighted by Gasteiger charge is 2.50. The maximum atomic E-state index is 12.1. The van der Waals surface area contributed by atoms with Crippen LogP contribution >= 0.6 is 0 Å². The molecule has 0 aromatic carbocycles. The van der Waals surface area contributed by atoms with Gasteiger partial charge in [0.2, 0.25) is 0 Å². The summed E-state index contributed by atoms with van der Waals surface area (Å²) in [7, 11) is 0.